The number of ether oxygens (including phenoxy) is 1. The molecule has 2 aromatic heterocycles. The Morgan fingerprint density at radius 2 is 2.18 bits per heavy atom. The van der Waals surface area contributed by atoms with Crippen molar-refractivity contribution in [3.8, 4) is 0 Å². The van der Waals surface area contributed by atoms with Gasteiger partial charge in [0.25, 0.3) is 5.91 Å². The molecule has 1 saturated heterocycles. The van der Waals surface area contributed by atoms with E-state index < -0.39 is 0 Å². The number of likely N-dealkylation sites (tertiary alicyclic amines) is 1. The Bertz CT molecular complexity index is 832. The molecule has 1 N–H and O–H groups in total. The van der Waals surface area contributed by atoms with Gasteiger partial charge in [-0.25, -0.2) is 9.78 Å². The maximum absolute atomic E-state index is 12.7. The molecule has 3 heterocycles. The van der Waals surface area contributed by atoms with E-state index in [0.717, 1.165) is 30.6 Å². The summed E-state index contributed by atoms with van der Waals surface area (Å²) in [6, 6.07) is 5.53. The summed E-state index contributed by atoms with van der Waals surface area (Å²) < 4.78 is 7.24. The summed E-state index contributed by atoms with van der Waals surface area (Å²) >= 11 is 0. The number of nitrogens with zero attached hydrogens (tertiary/aromatic N) is 4. The maximum Gasteiger partial charge on any atom is 0.320 e. The van der Waals surface area contributed by atoms with E-state index in [0.29, 0.717) is 32.0 Å². The number of urea groups is 1. The summed E-state index contributed by atoms with van der Waals surface area (Å²) in [5.74, 6) is 0.540. The lowest BCUT2D eigenvalue weighted by Gasteiger charge is -2.27. The molecule has 8 heteroatoms. The minimum absolute atomic E-state index is 0.0305. The zero-order valence-electron chi connectivity index (χ0n) is 16.9. The van der Waals surface area contributed by atoms with E-state index in [2.05, 4.69) is 10.3 Å². The molecule has 0 spiro atoms. The number of pyridine rings is 1. The minimum Gasteiger partial charge on any atom is -0.382 e. The van der Waals surface area contributed by atoms with Gasteiger partial charge in [0.15, 0.2) is 5.69 Å². The van der Waals surface area contributed by atoms with Crippen LogP contribution >= 0.6 is 0 Å². The van der Waals surface area contributed by atoms with Crippen LogP contribution in [0.1, 0.15) is 48.5 Å². The fraction of sp³-hybridized carbons (Fsp3) is 0.550. The van der Waals surface area contributed by atoms with Crippen molar-refractivity contribution in [3.63, 3.8) is 0 Å². The predicted molar refractivity (Wildman–Crippen MR) is 106 cm³/mol. The number of fused-ring (bicyclic) bond motifs is 1. The average Bonchev–Trinajstić information content (AvgIpc) is 3.31. The highest BCUT2D eigenvalue weighted by Gasteiger charge is 2.34. The zero-order chi connectivity index (χ0) is 20.1. The lowest BCUT2D eigenvalue weighted by Crippen LogP contribution is -2.39. The first-order valence-electron chi connectivity index (χ1n) is 9.85. The molecule has 0 saturated carbocycles. The van der Waals surface area contributed by atoms with Crippen LogP contribution in [0.25, 0.3) is 5.52 Å². The second-order valence-electron chi connectivity index (χ2n) is 7.11. The van der Waals surface area contributed by atoms with Crippen molar-refractivity contribution in [2.75, 3.05) is 40.4 Å². The van der Waals surface area contributed by atoms with Gasteiger partial charge in [-0.05, 0) is 38.3 Å². The Hall–Kier alpha value is -2.61. The Kier molecular flexibility index (Phi) is 6.51. The van der Waals surface area contributed by atoms with Crippen LogP contribution in [-0.2, 0) is 4.74 Å². The van der Waals surface area contributed by atoms with E-state index in [-0.39, 0.29) is 18.0 Å². The van der Waals surface area contributed by atoms with Crippen LogP contribution in [0.4, 0.5) is 4.79 Å². The number of carbonyl (C=O) groups excluding carboxylic acids is 2. The van der Waals surface area contributed by atoms with E-state index in [4.69, 9.17) is 4.74 Å². The van der Waals surface area contributed by atoms with Gasteiger partial charge in [0, 0.05) is 46.6 Å². The molecule has 0 aromatic carbocycles. The Labute approximate surface area is 165 Å². The van der Waals surface area contributed by atoms with Gasteiger partial charge >= 0.3 is 6.03 Å². The van der Waals surface area contributed by atoms with E-state index >= 15 is 0 Å². The van der Waals surface area contributed by atoms with Crippen LogP contribution in [-0.4, -0.2) is 71.5 Å². The monoisotopic (exact) mass is 387 g/mol. The van der Waals surface area contributed by atoms with Gasteiger partial charge in [-0.15, -0.1) is 0 Å². The molecule has 1 aliphatic rings. The third-order valence-corrected chi connectivity index (χ3v) is 4.93. The van der Waals surface area contributed by atoms with Crippen LogP contribution in [0, 0.1) is 0 Å². The van der Waals surface area contributed by atoms with E-state index in [1.165, 1.54) is 0 Å². The number of hydrogen-bond donors (Lipinski definition) is 1. The van der Waals surface area contributed by atoms with Crippen molar-refractivity contribution in [2.45, 2.75) is 32.2 Å². The molecule has 1 aliphatic heterocycles. The number of rotatable bonds is 7. The van der Waals surface area contributed by atoms with Gasteiger partial charge in [-0.1, -0.05) is 6.07 Å². The molecule has 1 atom stereocenters. The van der Waals surface area contributed by atoms with Crippen molar-refractivity contribution in [1.29, 1.82) is 0 Å². The third kappa shape index (κ3) is 4.11. The Morgan fingerprint density at radius 3 is 2.93 bits per heavy atom. The van der Waals surface area contributed by atoms with Crippen molar-refractivity contribution in [2.24, 2.45) is 0 Å². The van der Waals surface area contributed by atoms with E-state index in [1.54, 1.807) is 19.0 Å². The molecule has 0 aliphatic carbocycles. The molecule has 1 fully saturated rings. The second kappa shape index (κ2) is 9.05. The molecule has 152 valence electrons. The lowest BCUT2D eigenvalue weighted by molar-refractivity contribution is 0.0941. The predicted octanol–water partition coefficient (Wildman–Crippen LogP) is 2.31. The summed E-state index contributed by atoms with van der Waals surface area (Å²) in [6.45, 7) is 4.48. The molecular formula is C20H29N5O3. The first-order valence-corrected chi connectivity index (χ1v) is 9.85. The summed E-state index contributed by atoms with van der Waals surface area (Å²) in [4.78, 5) is 33.4. The van der Waals surface area contributed by atoms with Crippen LogP contribution in [0.3, 0.4) is 0 Å². The molecule has 3 rings (SSSR count). The fourth-order valence-electron chi connectivity index (χ4n) is 3.59. The number of amides is 3. The van der Waals surface area contributed by atoms with Gasteiger partial charge in [0.05, 0.1) is 11.6 Å². The molecular weight excluding hydrogens is 358 g/mol. The highest BCUT2D eigenvalue weighted by Crippen LogP contribution is 2.33. The van der Waals surface area contributed by atoms with Crippen LogP contribution in [0.15, 0.2) is 24.4 Å². The topological polar surface area (TPSA) is 79.2 Å². The maximum atomic E-state index is 12.7. The highest BCUT2D eigenvalue weighted by molar-refractivity contribution is 5.99. The van der Waals surface area contributed by atoms with Crippen molar-refractivity contribution in [3.05, 3.63) is 35.9 Å². The van der Waals surface area contributed by atoms with Crippen molar-refractivity contribution >= 4 is 17.5 Å². The van der Waals surface area contributed by atoms with Gasteiger partial charge < -0.3 is 24.3 Å². The quantitative estimate of drug-likeness (QED) is 0.740. The van der Waals surface area contributed by atoms with Crippen LogP contribution in [0.5, 0.6) is 0 Å². The summed E-state index contributed by atoms with van der Waals surface area (Å²) in [5, 5.41) is 2.92. The first kappa shape index (κ1) is 20.1. The Balaban J connectivity index is 1.84. The largest absolute Gasteiger partial charge is 0.382 e. The average molecular weight is 387 g/mol. The van der Waals surface area contributed by atoms with Crippen LogP contribution < -0.4 is 5.32 Å². The number of aromatic nitrogens is 2. The van der Waals surface area contributed by atoms with Gasteiger partial charge in [-0.3, -0.25) is 4.79 Å². The standard InChI is InChI=1S/C20H29N5O3/c1-4-28-14-8-11-21-19(26)17-15-9-5-6-12-24(15)18(22-17)16-10-7-13-25(16)20(27)23(2)3/h5-6,9,12,16H,4,7-8,10-11,13-14H2,1-3H3,(H,21,26)/t16-/m0/s1. The second-order valence-corrected chi connectivity index (χ2v) is 7.11. The fourth-order valence-corrected chi connectivity index (χ4v) is 3.59. The van der Waals surface area contributed by atoms with E-state index in [1.807, 2.05) is 40.6 Å². The van der Waals surface area contributed by atoms with Gasteiger partial charge in [-0.2, -0.15) is 0 Å². The zero-order valence-corrected chi connectivity index (χ0v) is 16.9. The molecule has 0 bridgehead atoms. The number of imidazole rings is 1. The summed E-state index contributed by atoms with van der Waals surface area (Å²) in [5.41, 5.74) is 1.15. The lowest BCUT2D eigenvalue weighted by atomic mass is 10.2. The van der Waals surface area contributed by atoms with E-state index in [9.17, 15) is 9.59 Å². The molecule has 3 amide bonds. The first-order chi connectivity index (χ1) is 13.5. The molecule has 2 aromatic rings. The number of hydrogen-bond acceptors (Lipinski definition) is 4. The SMILES string of the molecule is CCOCCCNC(=O)c1nc([C@@H]2CCCN2C(=O)N(C)C)n2ccccc12. The van der Waals surface area contributed by atoms with Crippen molar-refractivity contribution in [1.82, 2.24) is 24.5 Å². The van der Waals surface area contributed by atoms with Crippen LogP contribution in [0.2, 0.25) is 0 Å². The molecule has 8 nitrogen and oxygen atoms in total. The van der Waals surface area contributed by atoms with Crippen molar-refractivity contribution < 1.29 is 14.3 Å². The molecule has 28 heavy (non-hydrogen) atoms. The third-order valence-electron chi connectivity index (χ3n) is 4.93. The summed E-state index contributed by atoms with van der Waals surface area (Å²) in [6.07, 6.45) is 4.42. The summed E-state index contributed by atoms with van der Waals surface area (Å²) in [7, 11) is 3.50. The minimum atomic E-state index is -0.199. The van der Waals surface area contributed by atoms with Gasteiger partial charge in [0.2, 0.25) is 0 Å². The molecule has 0 radical (unpaired) electrons. The number of nitrogens with one attached hydrogen (secondary N) is 1. The highest BCUT2D eigenvalue weighted by atomic mass is 16.5. The Morgan fingerprint density at radius 1 is 1.36 bits per heavy atom. The molecule has 0 unspecified atom stereocenters. The normalized spacial score (nSPS) is 16.5. The smallest absolute Gasteiger partial charge is 0.320 e. The van der Waals surface area contributed by atoms with Gasteiger partial charge in [0.1, 0.15) is 5.82 Å². The number of carbonyl (C=O) groups is 2.